The van der Waals surface area contributed by atoms with Crippen LogP contribution in [0.5, 0.6) is 17.2 Å². The van der Waals surface area contributed by atoms with Crippen molar-refractivity contribution in [2.75, 3.05) is 46.9 Å². The molecule has 6 heteroatoms. The van der Waals surface area contributed by atoms with Crippen LogP contribution < -0.4 is 23.7 Å². The Labute approximate surface area is 260 Å². The number of aliphatic hydroxyl groups is 1. The number of nitrogens with zero attached hydrogens (tertiary/aromatic N) is 2. The van der Waals surface area contributed by atoms with E-state index in [9.17, 15) is 5.11 Å². The number of hydrogen-bond donors (Lipinski definition) is 1. The Morgan fingerprint density at radius 1 is 0.773 bits per heavy atom. The van der Waals surface area contributed by atoms with E-state index < -0.39 is 0 Å². The van der Waals surface area contributed by atoms with Crippen molar-refractivity contribution in [3.63, 3.8) is 0 Å². The lowest BCUT2D eigenvalue weighted by molar-refractivity contribution is -0.702. The van der Waals surface area contributed by atoms with Crippen LogP contribution in [0.1, 0.15) is 30.9 Å². The summed E-state index contributed by atoms with van der Waals surface area (Å²) in [6, 6.07) is 30.2. The third kappa shape index (κ3) is 5.24. The number of aliphatic hydroxyl groups excluding tert-OH is 1. The Kier molecular flexibility index (Phi) is 8.45. The maximum atomic E-state index is 9.57. The highest BCUT2D eigenvalue weighted by Gasteiger charge is 2.35. The first-order chi connectivity index (χ1) is 21.5. The van der Waals surface area contributed by atoms with Crippen molar-refractivity contribution in [3.8, 4) is 50.8 Å². The van der Waals surface area contributed by atoms with E-state index in [4.69, 9.17) is 14.2 Å². The Balaban J connectivity index is 1.66. The van der Waals surface area contributed by atoms with E-state index in [0.717, 1.165) is 70.4 Å². The van der Waals surface area contributed by atoms with Crippen LogP contribution in [0.2, 0.25) is 0 Å². The lowest BCUT2D eigenvalue weighted by atomic mass is 9.87. The maximum Gasteiger partial charge on any atom is 0.284 e. The summed E-state index contributed by atoms with van der Waals surface area (Å²) in [7, 11) is 9.36. The summed E-state index contributed by atoms with van der Waals surface area (Å²) in [6.07, 6.45) is 3.59. The minimum Gasteiger partial charge on any atom is -0.497 e. The molecule has 1 atom stereocenters. The van der Waals surface area contributed by atoms with Gasteiger partial charge in [0.15, 0.2) is 11.5 Å². The highest BCUT2D eigenvalue weighted by atomic mass is 16.5. The van der Waals surface area contributed by atoms with Gasteiger partial charge in [-0.1, -0.05) is 54.6 Å². The van der Waals surface area contributed by atoms with Crippen LogP contribution in [0, 0.1) is 0 Å². The third-order valence-electron chi connectivity index (χ3n) is 8.78. The Morgan fingerprint density at radius 3 is 2.16 bits per heavy atom. The number of ether oxygens (including phenoxy) is 3. The van der Waals surface area contributed by atoms with Gasteiger partial charge in [0, 0.05) is 35.6 Å². The van der Waals surface area contributed by atoms with Crippen LogP contribution >= 0.6 is 0 Å². The number of benzene rings is 4. The summed E-state index contributed by atoms with van der Waals surface area (Å²) in [5, 5.41) is 11.8. The van der Waals surface area contributed by atoms with Crippen molar-refractivity contribution < 1.29 is 23.9 Å². The fourth-order valence-electron chi connectivity index (χ4n) is 6.76. The van der Waals surface area contributed by atoms with Crippen molar-refractivity contribution in [1.29, 1.82) is 0 Å². The van der Waals surface area contributed by atoms with Gasteiger partial charge in [0.2, 0.25) is 0 Å². The first-order valence-electron chi connectivity index (χ1n) is 15.3. The highest BCUT2D eigenvalue weighted by Crippen LogP contribution is 2.48. The molecule has 1 aliphatic rings. The van der Waals surface area contributed by atoms with Crippen LogP contribution in [-0.4, -0.2) is 47.1 Å². The van der Waals surface area contributed by atoms with Gasteiger partial charge in [-0.15, -0.1) is 0 Å². The van der Waals surface area contributed by atoms with Crippen molar-refractivity contribution in [2.24, 2.45) is 0 Å². The average Bonchev–Trinajstić information content (AvgIpc) is 3.06. The fourth-order valence-corrected chi connectivity index (χ4v) is 6.76. The van der Waals surface area contributed by atoms with E-state index >= 15 is 0 Å². The van der Waals surface area contributed by atoms with Gasteiger partial charge in [-0.2, -0.15) is 0 Å². The van der Waals surface area contributed by atoms with Crippen molar-refractivity contribution >= 4 is 16.6 Å². The molecule has 6 nitrogen and oxygen atoms in total. The number of hydrogen-bond acceptors (Lipinski definition) is 5. The van der Waals surface area contributed by atoms with Crippen molar-refractivity contribution in [2.45, 2.75) is 31.7 Å². The second kappa shape index (κ2) is 12.6. The first-order valence-corrected chi connectivity index (χ1v) is 15.3. The maximum absolute atomic E-state index is 9.57. The molecule has 0 spiro atoms. The molecular weight excluding hydrogens is 548 g/mol. The molecule has 0 fully saturated rings. The standard InChI is InChI=1S/C38H41N2O4/c1-39(2)38-33-24-35(43-4)37(44-5)36(27-16-14-26(15-17-27)25-11-7-6-8-12-25)32(33)23-34-31-19-18-30(42-3)22-28(31)21-29(40(34)38)13-9-10-20-41/h6-8,11-12,14-19,22-24,29,41H,9-10,13,20-21H2,1-5H3/q+1. The minimum atomic E-state index is 0.205. The lowest BCUT2D eigenvalue weighted by Crippen LogP contribution is -2.49. The van der Waals surface area contributed by atoms with Crippen molar-refractivity contribution in [1.82, 2.24) is 0 Å². The molecular formula is C38H41N2O4+. The minimum absolute atomic E-state index is 0.205. The predicted octanol–water partition coefficient (Wildman–Crippen LogP) is 7.48. The molecule has 0 bridgehead atoms. The molecule has 4 aromatic carbocycles. The zero-order valence-electron chi connectivity index (χ0n) is 26.3. The molecule has 0 saturated carbocycles. The largest absolute Gasteiger partial charge is 0.497 e. The number of unbranched alkanes of at least 4 members (excludes halogenated alkanes) is 1. The summed E-state index contributed by atoms with van der Waals surface area (Å²) in [5.74, 6) is 3.40. The number of anilines is 1. The smallest absolute Gasteiger partial charge is 0.284 e. The molecule has 0 aliphatic carbocycles. The van der Waals surface area contributed by atoms with E-state index in [-0.39, 0.29) is 12.6 Å². The van der Waals surface area contributed by atoms with Gasteiger partial charge < -0.3 is 19.3 Å². The highest BCUT2D eigenvalue weighted by molar-refractivity contribution is 6.06. The van der Waals surface area contributed by atoms with Crippen LogP contribution in [0.15, 0.2) is 84.9 Å². The monoisotopic (exact) mass is 589 g/mol. The molecule has 1 unspecified atom stereocenters. The SMILES string of the molecule is COc1ccc2c(c1)CC(CCCCO)[n+]1c-2cc2c(-c3ccc(-c4ccccc4)cc3)c(OC)c(OC)cc2c1N(C)C. The molecule has 1 aromatic heterocycles. The van der Waals surface area contributed by atoms with Gasteiger partial charge in [0.25, 0.3) is 5.82 Å². The van der Waals surface area contributed by atoms with Crippen LogP contribution in [-0.2, 0) is 6.42 Å². The van der Waals surface area contributed by atoms with E-state index in [0.29, 0.717) is 11.5 Å². The molecule has 6 rings (SSSR count). The Hall–Kier alpha value is -4.55. The number of aromatic nitrogens is 1. The van der Waals surface area contributed by atoms with Crippen LogP contribution in [0.25, 0.3) is 44.3 Å². The molecule has 0 radical (unpaired) electrons. The molecule has 1 N–H and O–H groups in total. The first kappa shape index (κ1) is 29.5. The quantitative estimate of drug-likeness (QED) is 0.135. The normalized spacial score (nSPS) is 13.7. The van der Waals surface area contributed by atoms with Gasteiger partial charge in [0.1, 0.15) is 17.5 Å². The molecule has 0 saturated heterocycles. The van der Waals surface area contributed by atoms with E-state index in [1.54, 1.807) is 21.3 Å². The topological polar surface area (TPSA) is 55.0 Å². The van der Waals surface area contributed by atoms with Gasteiger partial charge in [-0.05, 0) is 65.8 Å². The Morgan fingerprint density at radius 2 is 1.50 bits per heavy atom. The summed E-state index contributed by atoms with van der Waals surface area (Å²) < 4.78 is 20.2. The zero-order valence-corrected chi connectivity index (χ0v) is 26.3. The van der Waals surface area contributed by atoms with E-state index in [1.807, 2.05) is 12.1 Å². The number of fused-ring (bicyclic) bond motifs is 4. The zero-order chi connectivity index (χ0) is 30.8. The number of pyridine rings is 1. The van der Waals surface area contributed by atoms with E-state index in [2.05, 4.69) is 96.4 Å². The number of rotatable bonds is 10. The molecule has 2 heterocycles. The average molecular weight is 590 g/mol. The van der Waals surface area contributed by atoms with Crippen LogP contribution in [0.4, 0.5) is 5.82 Å². The summed E-state index contributed by atoms with van der Waals surface area (Å²) >= 11 is 0. The summed E-state index contributed by atoms with van der Waals surface area (Å²) in [5.41, 5.74) is 8.05. The lowest BCUT2D eigenvalue weighted by Gasteiger charge is -2.30. The number of methoxy groups -OCH3 is 3. The van der Waals surface area contributed by atoms with E-state index in [1.165, 1.54) is 16.7 Å². The second-order valence-corrected chi connectivity index (χ2v) is 11.6. The second-order valence-electron chi connectivity index (χ2n) is 11.6. The predicted molar refractivity (Wildman–Crippen MR) is 178 cm³/mol. The molecule has 226 valence electrons. The molecule has 44 heavy (non-hydrogen) atoms. The van der Waals surface area contributed by atoms with Gasteiger partial charge in [0.05, 0.1) is 40.8 Å². The van der Waals surface area contributed by atoms with Crippen LogP contribution in [0.3, 0.4) is 0 Å². The molecule has 0 amide bonds. The van der Waals surface area contributed by atoms with Crippen molar-refractivity contribution in [3.05, 3.63) is 90.5 Å². The fraction of sp³-hybridized carbons (Fsp3) is 0.289. The third-order valence-corrected chi connectivity index (χ3v) is 8.78. The Bertz CT molecular complexity index is 1780. The molecule has 1 aliphatic heterocycles. The van der Waals surface area contributed by atoms with Gasteiger partial charge in [-0.3, -0.25) is 4.90 Å². The summed E-state index contributed by atoms with van der Waals surface area (Å²) in [4.78, 5) is 2.22. The molecule has 5 aromatic rings. The van der Waals surface area contributed by atoms with Gasteiger partial charge >= 0.3 is 0 Å². The van der Waals surface area contributed by atoms with Gasteiger partial charge in [-0.25, -0.2) is 4.57 Å². The summed E-state index contributed by atoms with van der Waals surface area (Å²) in [6.45, 7) is 0.205.